The summed E-state index contributed by atoms with van der Waals surface area (Å²) in [7, 11) is 0. The highest BCUT2D eigenvalue weighted by Crippen LogP contribution is 2.27. The zero-order chi connectivity index (χ0) is 12.3. The number of rotatable bonds is 2. The van der Waals surface area contributed by atoms with Gasteiger partial charge in [-0.1, -0.05) is 17.7 Å². The van der Waals surface area contributed by atoms with Gasteiger partial charge in [0, 0.05) is 11.1 Å². The van der Waals surface area contributed by atoms with Crippen molar-refractivity contribution in [1.29, 1.82) is 5.26 Å². The number of benzene rings is 2. The molecule has 0 fully saturated rings. The van der Waals surface area contributed by atoms with Crippen LogP contribution in [0.25, 0.3) is 0 Å². The zero-order valence-electron chi connectivity index (χ0n) is 8.72. The van der Waals surface area contributed by atoms with E-state index in [4.69, 9.17) is 21.6 Å². The highest BCUT2D eigenvalue weighted by molar-refractivity contribution is 6.30. The molecule has 0 aliphatic rings. The fourth-order valence-corrected chi connectivity index (χ4v) is 1.52. The minimum absolute atomic E-state index is 0.0639. The van der Waals surface area contributed by atoms with E-state index in [0.29, 0.717) is 16.5 Å². The molecule has 1 N–H and O–H groups in total. The highest BCUT2D eigenvalue weighted by atomic mass is 35.5. The first-order valence-electron chi connectivity index (χ1n) is 4.85. The molecule has 0 spiro atoms. The second-order valence-electron chi connectivity index (χ2n) is 3.35. The van der Waals surface area contributed by atoms with E-state index in [1.165, 1.54) is 12.1 Å². The molecular formula is C13H8ClNO2. The van der Waals surface area contributed by atoms with Gasteiger partial charge in [0.05, 0.1) is 5.56 Å². The lowest BCUT2D eigenvalue weighted by atomic mass is 10.2. The molecule has 17 heavy (non-hydrogen) atoms. The summed E-state index contributed by atoms with van der Waals surface area (Å²) >= 11 is 5.82. The molecule has 0 bridgehead atoms. The predicted molar refractivity (Wildman–Crippen MR) is 64.3 cm³/mol. The Morgan fingerprint density at radius 1 is 1.12 bits per heavy atom. The minimum Gasteiger partial charge on any atom is -0.507 e. The number of hydrogen-bond donors (Lipinski definition) is 1. The van der Waals surface area contributed by atoms with Crippen LogP contribution in [-0.2, 0) is 0 Å². The standard InChI is InChI=1S/C13H8ClNO2/c14-10-2-1-3-11(7-10)17-12-4-5-13(16)9(6-12)8-15/h1-7,16H. The Morgan fingerprint density at radius 2 is 1.88 bits per heavy atom. The first-order chi connectivity index (χ1) is 8.19. The van der Waals surface area contributed by atoms with E-state index in [2.05, 4.69) is 0 Å². The summed E-state index contributed by atoms with van der Waals surface area (Å²) in [6.07, 6.45) is 0. The van der Waals surface area contributed by atoms with E-state index in [0.717, 1.165) is 0 Å². The monoisotopic (exact) mass is 245 g/mol. The van der Waals surface area contributed by atoms with E-state index < -0.39 is 0 Å². The minimum atomic E-state index is -0.0639. The van der Waals surface area contributed by atoms with Crippen molar-refractivity contribution in [2.45, 2.75) is 0 Å². The van der Waals surface area contributed by atoms with Gasteiger partial charge in [-0.15, -0.1) is 0 Å². The number of halogens is 1. The topological polar surface area (TPSA) is 53.2 Å². The summed E-state index contributed by atoms with van der Waals surface area (Å²) in [4.78, 5) is 0. The molecule has 0 amide bonds. The van der Waals surface area contributed by atoms with Crippen molar-refractivity contribution in [1.82, 2.24) is 0 Å². The molecule has 0 unspecified atom stereocenters. The van der Waals surface area contributed by atoms with Crippen LogP contribution in [0.2, 0.25) is 5.02 Å². The Morgan fingerprint density at radius 3 is 2.59 bits per heavy atom. The van der Waals surface area contributed by atoms with E-state index in [1.807, 2.05) is 6.07 Å². The fraction of sp³-hybridized carbons (Fsp3) is 0. The molecule has 0 radical (unpaired) electrons. The lowest BCUT2D eigenvalue weighted by Crippen LogP contribution is -1.85. The number of nitrogens with zero attached hydrogens (tertiary/aromatic N) is 1. The third kappa shape index (κ3) is 2.68. The van der Waals surface area contributed by atoms with Crippen LogP contribution in [-0.4, -0.2) is 5.11 Å². The van der Waals surface area contributed by atoms with Crippen LogP contribution >= 0.6 is 11.6 Å². The van der Waals surface area contributed by atoms with Crippen LogP contribution < -0.4 is 4.74 Å². The maximum absolute atomic E-state index is 9.35. The van der Waals surface area contributed by atoms with Crippen LogP contribution in [0.5, 0.6) is 17.2 Å². The molecule has 0 heterocycles. The van der Waals surface area contributed by atoms with Crippen LogP contribution in [0.1, 0.15) is 5.56 Å². The maximum atomic E-state index is 9.35. The molecule has 2 rings (SSSR count). The summed E-state index contributed by atoms with van der Waals surface area (Å²) < 4.78 is 5.51. The van der Waals surface area contributed by atoms with Gasteiger partial charge in [0.15, 0.2) is 0 Å². The molecule has 0 aliphatic carbocycles. The van der Waals surface area contributed by atoms with Crippen LogP contribution in [0, 0.1) is 11.3 Å². The van der Waals surface area contributed by atoms with Crippen molar-refractivity contribution >= 4 is 11.6 Å². The molecular weight excluding hydrogens is 238 g/mol. The number of hydrogen-bond acceptors (Lipinski definition) is 3. The molecule has 0 aliphatic heterocycles. The van der Waals surface area contributed by atoms with Gasteiger partial charge >= 0.3 is 0 Å². The van der Waals surface area contributed by atoms with Crippen molar-refractivity contribution in [3.8, 4) is 23.3 Å². The van der Waals surface area contributed by atoms with Gasteiger partial charge in [-0.25, -0.2) is 0 Å². The third-order valence-corrected chi connectivity index (χ3v) is 2.36. The molecule has 84 valence electrons. The average Bonchev–Trinajstić information content (AvgIpc) is 2.32. The van der Waals surface area contributed by atoms with Gasteiger partial charge in [0.25, 0.3) is 0 Å². The van der Waals surface area contributed by atoms with E-state index in [-0.39, 0.29) is 11.3 Å². The molecule has 0 atom stereocenters. The smallest absolute Gasteiger partial charge is 0.133 e. The van der Waals surface area contributed by atoms with Gasteiger partial charge in [-0.2, -0.15) is 5.26 Å². The summed E-state index contributed by atoms with van der Waals surface area (Å²) in [5, 5.41) is 18.7. The van der Waals surface area contributed by atoms with E-state index in [1.54, 1.807) is 30.3 Å². The second kappa shape index (κ2) is 4.77. The molecule has 2 aromatic rings. The highest BCUT2D eigenvalue weighted by Gasteiger charge is 2.03. The maximum Gasteiger partial charge on any atom is 0.133 e. The van der Waals surface area contributed by atoms with Crippen molar-refractivity contribution < 1.29 is 9.84 Å². The predicted octanol–water partition coefficient (Wildman–Crippen LogP) is 3.71. The van der Waals surface area contributed by atoms with Gasteiger partial charge in [0.2, 0.25) is 0 Å². The normalized spacial score (nSPS) is 9.65. The molecule has 4 heteroatoms. The molecule has 0 aromatic heterocycles. The van der Waals surface area contributed by atoms with Crippen molar-refractivity contribution in [3.05, 3.63) is 53.1 Å². The van der Waals surface area contributed by atoms with Crippen molar-refractivity contribution in [3.63, 3.8) is 0 Å². The Hall–Kier alpha value is -2.18. The van der Waals surface area contributed by atoms with Gasteiger partial charge in [-0.05, 0) is 30.3 Å². The number of phenols is 1. The van der Waals surface area contributed by atoms with Gasteiger partial charge in [0.1, 0.15) is 23.3 Å². The zero-order valence-corrected chi connectivity index (χ0v) is 9.48. The fourth-order valence-electron chi connectivity index (χ4n) is 1.33. The van der Waals surface area contributed by atoms with Crippen LogP contribution in [0.4, 0.5) is 0 Å². The molecule has 3 nitrogen and oxygen atoms in total. The largest absolute Gasteiger partial charge is 0.507 e. The quantitative estimate of drug-likeness (QED) is 0.878. The Labute approximate surface area is 103 Å². The van der Waals surface area contributed by atoms with Crippen LogP contribution in [0.3, 0.4) is 0 Å². The number of aromatic hydroxyl groups is 1. The lowest BCUT2D eigenvalue weighted by Gasteiger charge is -2.06. The van der Waals surface area contributed by atoms with Crippen LogP contribution in [0.15, 0.2) is 42.5 Å². The SMILES string of the molecule is N#Cc1cc(Oc2cccc(Cl)c2)ccc1O. The summed E-state index contributed by atoms with van der Waals surface area (Å²) in [5.74, 6) is 0.986. The van der Waals surface area contributed by atoms with Crippen molar-refractivity contribution in [2.24, 2.45) is 0 Å². The Balaban J connectivity index is 2.28. The average molecular weight is 246 g/mol. The molecule has 0 saturated carbocycles. The van der Waals surface area contributed by atoms with E-state index >= 15 is 0 Å². The first kappa shape index (κ1) is 11.3. The number of nitriles is 1. The Bertz CT molecular complexity index is 590. The van der Waals surface area contributed by atoms with Crippen molar-refractivity contribution in [2.75, 3.05) is 0 Å². The third-order valence-electron chi connectivity index (χ3n) is 2.12. The first-order valence-corrected chi connectivity index (χ1v) is 5.23. The van der Waals surface area contributed by atoms with Gasteiger partial charge in [-0.3, -0.25) is 0 Å². The summed E-state index contributed by atoms with van der Waals surface area (Å²) in [6, 6.07) is 13.3. The molecule has 0 saturated heterocycles. The second-order valence-corrected chi connectivity index (χ2v) is 3.79. The number of phenolic OH excluding ortho intramolecular Hbond substituents is 1. The Kier molecular flexibility index (Phi) is 3.17. The van der Waals surface area contributed by atoms with Gasteiger partial charge < -0.3 is 9.84 Å². The molecule has 2 aromatic carbocycles. The lowest BCUT2D eigenvalue weighted by molar-refractivity contribution is 0.463. The summed E-state index contributed by atoms with van der Waals surface area (Å²) in [5.41, 5.74) is 0.171. The summed E-state index contributed by atoms with van der Waals surface area (Å²) in [6.45, 7) is 0. The number of ether oxygens (including phenoxy) is 1. The van der Waals surface area contributed by atoms with E-state index in [9.17, 15) is 5.11 Å².